The number of benzene rings is 1. The van der Waals surface area contributed by atoms with Crippen LogP contribution in [0.1, 0.15) is 11.3 Å². The Hall–Kier alpha value is -1.74. The van der Waals surface area contributed by atoms with E-state index in [2.05, 4.69) is 0 Å². The van der Waals surface area contributed by atoms with Crippen LogP contribution in [0.25, 0.3) is 0 Å². The molecule has 17 heavy (non-hydrogen) atoms. The normalized spacial score (nSPS) is 10.5. The predicted octanol–water partition coefficient (Wildman–Crippen LogP) is 2.44. The number of aryl methyl sites for hydroxylation is 1. The van der Waals surface area contributed by atoms with Crippen molar-refractivity contribution in [2.45, 2.75) is 13.5 Å². The van der Waals surface area contributed by atoms with Crippen LogP contribution in [0.3, 0.4) is 0 Å². The Bertz CT molecular complexity index is 605. The quantitative estimate of drug-likeness (QED) is 0.830. The van der Waals surface area contributed by atoms with Crippen molar-refractivity contribution in [2.24, 2.45) is 0 Å². The lowest BCUT2D eigenvalue weighted by Gasteiger charge is -2.11. The van der Waals surface area contributed by atoms with E-state index in [1.165, 1.54) is 6.07 Å². The summed E-state index contributed by atoms with van der Waals surface area (Å²) in [7, 11) is 0. The van der Waals surface area contributed by atoms with E-state index in [4.69, 9.17) is 17.3 Å². The second-order valence-electron chi connectivity index (χ2n) is 3.94. The first-order chi connectivity index (χ1) is 8.08. The molecule has 1 aromatic heterocycles. The van der Waals surface area contributed by atoms with Gasteiger partial charge in [0.2, 0.25) is 0 Å². The van der Waals surface area contributed by atoms with Gasteiger partial charge in [-0.15, -0.1) is 0 Å². The van der Waals surface area contributed by atoms with Gasteiger partial charge in [0.05, 0.1) is 6.54 Å². The van der Waals surface area contributed by atoms with Crippen molar-refractivity contribution >= 4 is 17.3 Å². The lowest BCUT2D eigenvalue weighted by atomic mass is 10.2. The summed E-state index contributed by atoms with van der Waals surface area (Å²) in [5, 5.41) is 0.620. The summed E-state index contributed by atoms with van der Waals surface area (Å²) >= 11 is 6.08. The van der Waals surface area contributed by atoms with E-state index >= 15 is 0 Å². The molecule has 0 bridgehead atoms. The van der Waals surface area contributed by atoms with Gasteiger partial charge in [0.15, 0.2) is 0 Å². The van der Waals surface area contributed by atoms with Gasteiger partial charge in [-0.1, -0.05) is 17.7 Å². The number of aromatic nitrogens is 1. The molecule has 0 spiro atoms. The minimum absolute atomic E-state index is 0.0384. The highest BCUT2D eigenvalue weighted by molar-refractivity contribution is 6.31. The fourth-order valence-corrected chi connectivity index (χ4v) is 1.89. The average molecular weight is 249 g/mol. The fourth-order valence-electron chi connectivity index (χ4n) is 1.71. The molecule has 0 atom stereocenters. The van der Waals surface area contributed by atoms with Crippen molar-refractivity contribution in [3.63, 3.8) is 0 Å². The molecule has 0 amide bonds. The third-order valence-corrected chi connectivity index (χ3v) is 3.03. The second kappa shape index (κ2) is 4.63. The van der Waals surface area contributed by atoms with Crippen molar-refractivity contribution in [2.75, 3.05) is 5.73 Å². The van der Waals surface area contributed by atoms with Gasteiger partial charge < -0.3 is 10.3 Å². The van der Waals surface area contributed by atoms with E-state index in [-0.39, 0.29) is 5.56 Å². The molecule has 1 heterocycles. The van der Waals surface area contributed by atoms with Gasteiger partial charge in [0.1, 0.15) is 0 Å². The smallest absolute Gasteiger partial charge is 0.251 e. The van der Waals surface area contributed by atoms with Gasteiger partial charge >= 0.3 is 0 Å². The monoisotopic (exact) mass is 248 g/mol. The van der Waals surface area contributed by atoms with Gasteiger partial charge in [-0.25, -0.2) is 0 Å². The third-order valence-electron chi connectivity index (χ3n) is 2.67. The molecule has 0 saturated carbocycles. The highest BCUT2D eigenvalue weighted by atomic mass is 35.5. The molecular formula is C13H13ClN2O. The Morgan fingerprint density at radius 1 is 1.29 bits per heavy atom. The van der Waals surface area contributed by atoms with E-state index in [1.54, 1.807) is 28.8 Å². The van der Waals surface area contributed by atoms with E-state index < -0.39 is 0 Å². The molecule has 2 rings (SSSR count). The van der Waals surface area contributed by atoms with Gasteiger partial charge in [-0.3, -0.25) is 4.79 Å². The molecule has 0 fully saturated rings. The summed E-state index contributed by atoms with van der Waals surface area (Å²) in [4.78, 5) is 11.7. The van der Waals surface area contributed by atoms with Crippen LogP contribution in [-0.2, 0) is 6.54 Å². The first-order valence-corrected chi connectivity index (χ1v) is 5.66. The van der Waals surface area contributed by atoms with Crippen molar-refractivity contribution in [1.29, 1.82) is 0 Å². The van der Waals surface area contributed by atoms with E-state index in [9.17, 15) is 4.79 Å². The SMILES string of the molecule is Cc1cccc(=O)n1Cc1cc(N)ccc1Cl. The van der Waals surface area contributed by atoms with Gasteiger partial charge in [-0.2, -0.15) is 0 Å². The minimum atomic E-state index is -0.0384. The van der Waals surface area contributed by atoms with Crippen LogP contribution in [-0.4, -0.2) is 4.57 Å². The Balaban J connectivity index is 2.45. The van der Waals surface area contributed by atoms with Crippen LogP contribution in [0.15, 0.2) is 41.2 Å². The Labute approximate surface area is 104 Å². The molecule has 0 saturated heterocycles. The minimum Gasteiger partial charge on any atom is -0.399 e. The molecule has 88 valence electrons. The summed E-state index contributed by atoms with van der Waals surface area (Å²) in [6.45, 7) is 2.33. The summed E-state index contributed by atoms with van der Waals surface area (Å²) in [5.74, 6) is 0. The van der Waals surface area contributed by atoms with Crippen LogP contribution in [0.5, 0.6) is 0 Å². The van der Waals surface area contributed by atoms with E-state index in [0.29, 0.717) is 17.3 Å². The highest BCUT2D eigenvalue weighted by Gasteiger charge is 2.05. The molecular weight excluding hydrogens is 236 g/mol. The maximum Gasteiger partial charge on any atom is 0.251 e. The largest absolute Gasteiger partial charge is 0.399 e. The number of nitrogens with zero attached hydrogens (tertiary/aromatic N) is 1. The summed E-state index contributed by atoms with van der Waals surface area (Å²) < 4.78 is 1.67. The van der Waals surface area contributed by atoms with Gasteiger partial charge in [0.25, 0.3) is 5.56 Å². The molecule has 4 heteroatoms. The summed E-state index contributed by atoms with van der Waals surface area (Å²) in [6.07, 6.45) is 0. The number of rotatable bonds is 2. The van der Waals surface area contributed by atoms with Crippen molar-refractivity contribution < 1.29 is 0 Å². The van der Waals surface area contributed by atoms with E-state index in [0.717, 1.165) is 11.3 Å². The number of hydrogen-bond acceptors (Lipinski definition) is 2. The fraction of sp³-hybridized carbons (Fsp3) is 0.154. The average Bonchev–Trinajstić information content (AvgIpc) is 2.28. The summed E-state index contributed by atoms with van der Waals surface area (Å²) in [6, 6.07) is 10.5. The zero-order valence-corrected chi connectivity index (χ0v) is 10.2. The standard InChI is InChI=1S/C13H13ClN2O/c1-9-3-2-4-13(17)16(9)8-10-7-11(15)5-6-12(10)14/h2-7H,8,15H2,1H3. The topological polar surface area (TPSA) is 48.0 Å². The number of hydrogen-bond donors (Lipinski definition) is 1. The maximum absolute atomic E-state index is 11.7. The number of anilines is 1. The molecule has 1 aromatic carbocycles. The van der Waals surface area contributed by atoms with Crippen molar-refractivity contribution in [1.82, 2.24) is 4.57 Å². The van der Waals surface area contributed by atoms with Crippen LogP contribution in [0.2, 0.25) is 5.02 Å². The zero-order valence-electron chi connectivity index (χ0n) is 9.48. The molecule has 0 radical (unpaired) electrons. The molecule has 0 unspecified atom stereocenters. The lowest BCUT2D eigenvalue weighted by molar-refractivity contribution is 0.730. The highest BCUT2D eigenvalue weighted by Crippen LogP contribution is 2.19. The first-order valence-electron chi connectivity index (χ1n) is 5.28. The second-order valence-corrected chi connectivity index (χ2v) is 4.35. The Kier molecular flexibility index (Phi) is 3.20. The molecule has 0 aliphatic rings. The van der Waals surface area contributed by atoms with Crippen molar-refractivity contribution in [3.05, 3.63) is 63.0 Å². The third kappa shape index (κ3) is 2.50. The first kappa shape index (κ1) is 11.7. The van der Waals surface area contributed by atoms with E-state index in [1.807, 2.05) is 13.0 Å². The predicted molar refractivity (Wildman–Crippen MR) is 70.4 cm³/mol. The summed E-state index contributed by atoms with van der Waals surface area (Å²) in [5.41, 5.74) is 8.07. The number of nitrogen functional groups attached to an aromatic ring is 1. The number of pyridine rings is 1. The van der Waals surface area contributed by atoms with Crippen LogP contribution < -0.4 is 11.3 Å². The molecule has 0 aliphatic heterocycles. The Morgan fingerprint density at radius 2 is 2.06 bits per heavy atom. The zero-order chi connectivity index (χ0) is 12.4. The van der Waals surface area contributed by atoms with Gasteiger partial charge in [-0.05, 0) is 36.8 Å². The van der Waals surface area contributed by atoms with Crippen LogP contribution in [0, 0.1) is 6.92 Å². The van der Waals surface area contributed by atoms with Crippen LogP contribution >= 0.6 is 11.6 Å². The molecule has 3 nitrogen and oxygen atoms in total. The molecule has 2 N–H and O–H groups in total. The van der Waals surface area contributed by atoms with Gasteiger partial charge in [0, 0.05) is 22.5 Å². The molecule has 2 aromatic rings. The maximum atomic E-state index is 11.7. The Morgan fingerprint density at radius 3 is 2.76 bits per heavy atom. The number of halogens is 1. The van der Waals surface area contributed by atoms with Crippen molar-refractivity contribution in [3.8, 4) is 0 Å². The lowest BCUT2D eigenvalue weighted by Crippen LogP contribution is -2.21. The van der Waals surface area contributed by atoms with Crippen LogP contribution in [0.4, 0.5) is 5.69 Å². The number of nitrogens with two attached hydrogens (primary N) is 1. The molecule has 0 aliphatic carbocycles.